The second kappa shape index (κ2) is 13.3. The van der Waals surface area contributed by atoms with E-state index in [0.29, 0.717) is 43.2 Å². The average Bonchev–Trinajstić information content (AvgIpc) is 3.87. The lowest BCUT2D eigenvalue weighted by Crippen LogP contribution is -2.46. The molecule has 3 aliphatic heterocycles. The second-order valence-corrected chi connectivity index (χ2v) is 17.9. The Morgan fingerprint density at radius 3 is 2.58 bits per heavy atom. The number of nitrogens with zero attached hydrogens (tertiary/aromatic N) is 5. The van der Waals surface area contributed by atoms with E-state index in [4.69, 9.17) is 14.2 Å². The van der Waals surface area contributed by atoms with Crippen LogP contribution >= 0.6 is 0 Å². The van der Waals surface area contributed by atoms with Crippen molar-refractivity contribution >= 4 is 31.7 Å². The first-order chi connectivity index (χ1) is 24.0. The van der Waals surface area contributed by atoms with E-state index in [-0.39, 0.29) is 42.5 Å². The molecule has 262 valence electrons. The topological polar surface area (TPSA) is 139 Å². The summed E-state index contributed by atoms with van der Waals surface area (Å²) in [5, 5.41) is 18.9. The molecule has 12 nitrogen and oxygen atoms in total. The van der Waals surface area contributed by atoms with Crippen LogP contribution in [0.1, 0.15) is 41.6 Å². The molecule has 4 aromatic rings. The molecular formula is C37H43N5O7Si. The Morgan fingerprint density at radius 1 is 1.08 bits per heavy atom. The lowest BCUT2D eigenvalue weighted by molar-refractivity contribution is -0.146. The summed E-state index contributed by atoms with van der Waals surface area (Å²) in [6.07, 6.45) is 1.51. The molecule has 13 heteroatoms. The molecule has 1 aromatic heterocycles. The predicted octanol–water partition coefficient (Wildman–Crippen LogP) is 4.80. The third kappa shape index (κ3) is 5.87. The van der Waals surface area contributed by atoms with E-state index in [9.17, 15) is 19.5 Å². The molecule has 2 saturated heterocycles. The zero-order valence-electron chi connectivity index (χ0n) is 28.7. The molecule has 2 amide bonds. The Hall–Kier alpha value is -4.56. The Morgan fingerprint density at radius 2 is 1.88 bits per heavy atom. The normalized spacial score (nSPS) is 23.8. The van der Waals surface area contributed by atoms with Crippen LogP contribution in [0, 0.1) is 5.92 Å². The Bertz CT molecular complexity index is 1880. The molecule has 1 spiro atoms. The van der Waals surface area contributed by atoms with Crippen LogP contribution in [0.3, 0.4) is 0 Å². The van der Waals surface area contributed by atoms with Gasteiger partial charge in [-0.15, -0.1) is 5.10 Å². The maximum Gasteiger partial charge on any atom is 0.414 e. The molecule has 0 aliphatic carbocycles. The number of aliphatic hydroxyl groups is 1. The Balaban J connectivity index is 1.18. The fraction of sp³-hybridized carbons (Fsp3) is 0.405. The maximum absolute atomic E-state index is 14.9. The fourth-order valence-electron chi connectivity index (χ4n) is 8.14. The molecule has 0 bridgehead atoms. The van der Waals surface area contributed by atoms with Crippen molar-refractivity contribution in [1.82, 2.24) is 15.0 Å². The number of aryl methyl sites for hydroxylation is 1. The van der Waals surface area contributed by atoms with Gasteiger partial charge in [0.15, 0.2) is 13.9 Å². The molecule has 50 heavy (non-hydrogen) atoms. The van der Waals surface area contributed by atoms with E-state index in [1.54, 1.807) is 21.6 Å². The highest BCUT2D eigenvalue weighted by atomic mass is 28.4. The number of benzene rings is 3. The Kier molecular flexibility index (Phi) is 9.01. The average molecular weight is 698 g/mol. The second-order valence-electron chi connectivity index (χ2n) is 13.9. The zero-order valence-corrected chi connectivity index (χ0v) is 29.7. The molecule has 5 atom stereocenters. The van der Waals surface area contributed by atoms with E-state index in [2.05, 4.69) is 10.3 Å². The van der Waals surface area contributed by atoms with Crippen molar-refractivity contribution < 1.29 is 33.7 Å². The van der Waals surface area contributed by atoms with Gasteiger partial charge in [0.25, 0.3) is 5.91 Å². The number of hydrogen-bond donors (Lipinski definition) is 2. The fourth-order valence-corrected chi connectivity index (χ4v) is 10.7. The van der Waals surface area contributed by atoms with E-state index >= 15 is 0 Å². The third-order valence-electron chi connectivity index (χ3n) is 10.5. The largest absolute Gasteiger partial charge is 0.497 e. The van der Waals surface area contributed by atoms with Gasteiger partial charge in [-0.1, -0.05) is 54.6 Å². The van der Waals surface area contributed by atoms with Crippen LogP contribution in [-0.2, 0) is 33.0 Å². The smallest absolute Gasteiger partial charge is 0.414 e. The minimum Gasteiger partial charge on any atom is -0.497 e. The van der Waals surface area contributed by atoms with Crippen molar-refractivity contribution in [3.05, 3.63) is 101 Å². The first kappa shape index (κ1) is 33.9. The van der Waals surface area contributed by atoms with Crippen LogP contribution < -0.4 is 14.5 Å². The van der Waals surface area contributed by atoms with Gasteiger partial charge in [0.2, 0.25) is 0 Å². The van der Waals surface area contributed by atoms with E-state index in [1.807, 2.05) is 99.0 Å². The van der Waals surface area contributed by atoms with Crippen LogP contribution in [-0.4, -0.2) is 78.2 Å². The van der Waals surface area contributed by atoms with Gasteiger partial charge in [-0.3, -0.25) is 14.4 Å². The summed E-state index contributed by atoms with van der Waals surface area (Å²) < 4.78 is 19.5. The number of aliphatic hydroxyl groups excluding tert-OH is 1. The number of ether oxygens (including phenoxy) is 3. The number of hydrogen-bond acceptors (Lipinski definition) is 9. The van der Waals surface area contributed by atoms with Crippen LogP contribution in [0.15, 0.2) is 79.0 Å². The molecule has 0 radical (unpaired) electrons. The van der Waals surface area contributed by atoms with Gasteiger partial charge in [-0.25, -0.2) is 4.79 Å². The number of carbonyl (C=O) groups excluding carboxylic acids is 2. The number of cyclic esters (lactones) is 1. The number of carbonyl (C=O) groups is 2. The predicted molar refractivity (Wildman–Crippen MR) is 188 cm³/mol. The van der Waals surface area contributed by atoms with Crippen LogP contribution in [0.4, 0.5) is 16.2 Å². The Labute approximate surface area is 292 Å². The van der Waals surface area contributed by atoms with Gasteiger partial charge in [-0.05, 0) is 61.0 Å². The summed E-state index contributed by atoms with van der Waals surface area (Å²) in [6.45, 7) is 7.23. The van der Waals surface area contributed by atoms with Crippen molar-refractivity contribution in [3.8, 4) is 5.75 Å². The molecule has 4 heterocycles. The first-order valence-electron chi connectivity index (χ1n) is 17.0. The van der Waals surface area contributed by atoms with Crippen molar-refractivity contribution in [2.45, 2.75) is 62.7 Å². The number of fused-ring (bicyclic) bond motifs is 2. The molecule has 2 N–H and O–H groups in total. The molecule has 7 rings (SSSR count). The van der Waals surface area contributed by atoms with Gasteiger partial charge in [0, 0.05) is 35.5 Å². The third-order valence-corrected chi connectivity index (χ3v) is 13.0. The lowest BCUT2D eigenvalue weighted by Gasteiger charge is -2.32. The number of rotatable bonds is 11. The summed E-state index contributed by atoms with van der Waals surface area (Å²) in [5.74, 6) is -0.236. The highest BCUT2D eigenvalue weighted by Crippen LogP contribution is 2.60. The zero-order chi connectivity index (χ0) is 35.2. The summed E-state index contributed by atoms with van der Waals surface area (Å²) in [4.78, 5) is 42.2. The molecule has 3 aromatic carbocycles. The van der Waals surface area contributed by atoms with Gasteiger partial charge < -0.3 is 29.0 Å². The standard InChI is InChI=1S/C37H43N5O7Si/c1-24-34(50(3,4)46)33(15-16-40-22-31(38-39-40)29(23-43)26-10-6-5-7-11-26)49-37(24)30-20-28(47-2)13-14-32(30)42(35(37)44)21-25-9-8-12-27(19-25)41-17-18-48-36(41)45/h5-14,19-20,22,24,29,33-34,43,46H,15-18,21,23H2,1-4H3/t24-,29?,33+,34-,37+/m1/s1. The van der Waals surface area contributed by atoms with Crippen molar-refractivity contribution in [2.24, 2.45) is 5.92 Å². The van der Waals surface area contributed by atoms with Gasteiger partial charge in [0.05, 0.1) is 50.2 Å². The van der Waals surface area contributed by atoms with E-state index < -0.39 is 20.0 Å². The first-order valence-corrected chi connectivity index (χ1v) is 20.1. The van der Waals surface area contributed by atoms with Gasteiger partial charge >= 0.3 is 6.09 Å². The summed E-state index contributed by atoms with van der Waals surface area (Å²) in [5.41, 5.74) is 3.01. The summed E-state index contributed by atoms with van der Waals surface area (Å²) in [7, 11) is -1.30. The monoisotopic (exact) mass is 697 g/mol. The quantitative estimate of drug-likeness (QED) is 0.212. The minimum atomic E-state index is -2.90. The van der Waals surface area contributed by atoms with Crippen LogP contribution in [0.2, 0.25) is 18.6 Å². The molecule has 2 fully saturated rings. The van der Waals surface area contributed by atoms with Crippen molar-refractivity contribution in [1.29, 1.82) is 0 Å². The van der Waals surface area contributed by atoms with Crippen LogP contribution in [0.25, 0.3) is 0 Å². The number of aromatic nitrogens is 3. The summed E-state index contributed by atoms with van der Waals surface area (Å²) >= 11 is 0. The van der Waals surface area contributed by atoms with Gasteiger partial charge in [-0.2, -0.15) is 0 Å². The highest BCUT2D eigenvalue weighted by Gasteiger charge is 2.66. The molecular weight excluding hydrogens is 655 g/mol. The maximum atomic E-state index is 14.9. The van der Waals surface area contributed by atoms with E-state index in [1.165, 1.54) is 0 Å². The van der Waals surface area contributed by atoms with Crippen molar-refractivity contribution in [2.75, 3.05) is 36.7 Å². The molecule has 1 unspecified atom stereocenters. The van der Waals surface area contributed by atoms with Crippen molar-refractivity contribution in [3.63, 3.8) is 0 Å². The SMILES string of the molecule is COc1ccc2c(c1)[C@]1(O[C@@H](CCn3cc(C(CO)c4ccccc4)nn3)[C@H]([Si](C)(C)O)[C@H]1C)C(=O)N2Cc1cccc(N2CCOC2=O)c1. The molecule has 3 aliphatic rings. The number of anilines is 2. The minimum absolute atomic E-state index is 0.0998. The molecule has 0 saturated carbocycles. The highest BCUT2D eigenvalue weighted by molar-refractivity contribution is 6.71. The number of methoxy groups -OCH3 is 1. The van der Waals surface area contributed by atoms with E-state index in [0.717, 1.165) is 22.4 Å². The van der Waals surface area contributed by atoms with Crippen LogP contribution in [0.5, 0.6) is 5.75 Å². The van der Waals surface area contributed by atoms with Gasteiger partial charge in [0.1, 0.15) is 12.4 Å². The summed E-state index contributed by atoms with van der Waals surface area (Å²) in [6, 6.07) is 22.9. The number of amides is 2. The lowest BCUT2D eigenvalue weighted by atomic mass is 9.82.